The van der Waals surface area contributed by atoms with E-state index < -0.39 is 6.43 Å². The summed E-state index contributed by atoms with van der Waals surface area (Å²) in [5, 5.41) is 0. The maximum absolute atomic E-state index is 12.2. The molecular formula is C6H4F2N4. The van der Waals surface area contributed by atoms with Crippen molar-refractivity contribution in [3.63, 3.8) is 0 Å². The number of alkyl halides is 2. The number of H-pyrrole nitrogens is 1. The van der Waals surface area contributed by atoms with Crippen LogP contribution in [0.5, 0.6) is 0 Å². The second-order valence-corrected chi connectivity index (χ2v) is 2.16. The van der Waals surface area contributed by atoms with Gasteiger partial charge in [-0.05, 0) is 0 Å². The maximum Gasteiger partial charge on any atom is 0.282 e. The summed E-state index contributed by atoms with van der Waals surface area (Å²) in [5.41, 5.74) is 0.158. The fourth-order valence-electron chi connectivity index (χ4n) is 0.949. The van der Waals surface area contributed by atoms with Gasteiger partial charge in [-0.15, -0.1) is 0 Å². The van der Waals surface area contributed by atoms with Crippen molar-refractivity contribution in [3.8, 4) is 0 Å². The van der Waals surface area contributed by atoms with Gasteiger partial charge in [0, 0.05) is 0 Å². The van der Waals surface area contributed by atoms with Gasteiger partial charge in [0.2, 0.25) is 0 Å². The highest BCUT2D eigenvalue weighted by Crippen LogP contribution is 2.21. The van der Waals surface area contributed by atoms with Crippen molar-refractivity contribution < 1.29 is 8.78 Å². The molecule has 0 atom stereocenters. The molecule has 0 aliphatic heterocycles. The molecule has 2 heterocycles. The average molecular weight is 170 g/mol. The molecule has 0 aliphatic carbocycles. The van der Waals surface area contributed by atoms with Crippen LogP contribution in [0.15, 0.2) is 12.7 Å². The Labute approximate surface area is 65.7 Å². The maximum atomic E-state index is 12.2. The van der Waals surface area contributed by atoms with Gasteiger partial charge in [0.25, 0.3) is 6.43 Å². The molecule has 6 heteroatoms. The molecule has 0 amide bonds. The van der Waals surface area contributed by atoms with Crippen LogP contribution in [-0.4, -0.2) is 19.9 Å². The minimum Gasteiger partial charge on any atom is -0.342 e. The van der Waals surface area contributed by atoms with Gasteiger partial charge in [-0.1, -0.05) is 0 Å². The fraction of sp³-hybridized carbons (Fsp3) is 0.167. The van der Waals surface area contributed by atoms with Gasteiger partial charge in [-0.3, -0.25) is 0 Å². The highest BCUT2D eigenvalue weighted by molar-refractivity contribution is 5.72. The molecule has 0 unspecified atom stereocenters. The van der Waals surface area contributed by atoms with Crippen molar-refractivity contribution >= 4 is 11.2 Å². The molecule has 0 fully saturated rings. The number of halogens is 2. The van der Waals surface area contributed by atoms with Crippen LogP contribution in [0.4, 0.5) is 8.78 Å². The van der Waals surface area contributed by atoms with E-state index in [0.29, 0.717) is 0 Å². The summed E-state index contributed by atoms with van der Waals surface area (Å²) in [6.45, 7) is 0. The Kier molecular flexibility index (Phi) is 1.46. The molecule has 12 heavy (non-hydrogen) atoms. The highest BCUT2D eigenvalue weighted by atomic mass is 19.3. The van der Waals surface area contributed by atoms with Crippen molar-refractivity contribution in [2.45, 2.75) is 6.43 Å². The molecule has 0 bridgehead atoms. The Hall–Kier alpha value is -1.59. The fourth-order valence-corrected chi connectivity index (χ4v) is 0.949. The zero-order valence-electron chi connectivity index (χ0n) is 5.83. The van der Waals surface area contributed by atoms with E-state index in [-0.39, 0.29) is 16.9 Å². The first kappa shape index (κ1) is 7.08. The van der Waals surface area contributed by atoms with Crippen molar-refractivity contribution in [2.75, 3.05) is 0 Å². The molecule has 0 saturated heterocycles. The summed E-state index contributed by atoms with van der Waals surface area (Å²) in [5.74, 6) is 0. The largest absolute Gasteiger partial charge is 0.342 e. The second kappa shape index (κ2) is 2.47. The van der Waals surface area contributed by atoms with Crippen molar-refractivity contribution in [1.82, 2.24) is 19.9 Å². The van der Waals surface area contributed by atoms with Crippen LogP contribution >= 0.6 is 0 Å². The number of aromatic amines is 1. The Morgan fingerprint density at radius 2 is 2.08 bits per heavy atom. The van der Waals surface area contributed by atoms with E-state index in [1.165, 1.54) is 6.33 Å². The molecule has 0 aromatic carbocycles. The van der Waals surface area contributed by atoms with Crippen LogP contribution < -0.4 is 0 Å². The van der Waals surface area contributed by atoms with E-state index in [0.717, 1.165) is 6.33 Å². The van der Waals surface area contributed by atoms with Crippen LogP contribution in [0.1, 0.15) is 12.1 Å². The molecule has 0 spiro atoms. The Morgan fingerprint density at radius 3 is 2.83 bits per heavy atom. The lowest BCUT2D eigenvalue weighted by atomic mass is 10.4. The number of rotatable bonds is 1. The first-order valence-electron chi connectivity index (χ1n) is 3.21. The van der Waals surface area contributed by atoms with Crippen LogP contribution in [0.3, 0.4) is 0 Å². The quantitative estimate of drug-likeness (QED) is 0.701. The standard InChI is InChI=1S/C6H4F2N4/c7-5(8)3-4-6(11-1-9-3)12-2-10-4/h1-2,5H,(H,9,10,11,12). The molecule has 2 aromatic heterocycles. The topological polar surface area (TPSA) is 54.5 Å². The summed E-state index contributed by atoms with van der Waals surface area (Å²) in [7, 11) is 0. The summed E-state index contributed by atoms with van der Waals surface area (Å²) in [6.07, 6.45) is -0.216. The smallest absolute Gasteiger partial charge is 0.282 e. The van der Waals surface area contributed by atoms with E-state index in [1.807, 2.05) is 0 Å². The summed E-state index contributed by atoms with van der Waals surface area (Å²) in [4.78, 5) is 13.4. The lowest BCUT2D eigenvalue weighted by Crippen LogP contribution is -1.92. The minimum absolute atomic E-state index is 0.201. The third-order valence-corrected chi connectivity index (χ3v) is 1.46. The van der Waals surface area contributed by atoms with E-state index in [2.05, 4.69) is 19.9 Å². The number of imidazole rings is 1. The van der Waals surface area contributed by atoms with Crippen LogP contribution in [-0.2, 0) is 0 Å². The van der Waals surface area contributed by atoms with Gasteiger partial charge in [0.05, 0.1) is 6.33 Å². The summed E-state index contributed by atoms with van der Waals surface area (Å²) in [6, 6.07) is 0. The van der Waals surface area contributed by atoms with Crippen LogP contribution in [0.2, 0.25) is 0 Å². The number of hydrogen-bond acceptors (Lipinski definition) is 3. The number of nitrogens with zero attached hydrogens (tertiary/aromatic N) is 3. The summed E-state index contributed by atoms with van der Waals surface area (Å²) < 4.78 is 24.5. The molecule has 0 aliphatic rings. The molecular weight excluding hydrogens is 166 g/mol. The van der Waals surface area contributed by atoms with E-state index in [4.69, 9.17) is 0 Å². The highest BCUT2D eigenvalue weighted by Gasteiger charge is 2.14. The Morgan fingerprint density at radius 1 is 1.25 bits per heavy atom. The van der Waals surface area contributed by atoms with Gasteiger partial charge in [0.15, 0.2) is 5.65 Å². The van der Waals surface area contributed by atoms with Gasteiger partial charge in [0.1, 0.15) is 17.5 Å². The van der Waals surface area contributed by atoms with Gasteiger partial charge in [-0.25, -0.2) is 23.7 Å². The van der Waals surface area contributed by atoms with E-state index in [9.17, 15) is 8.78 Å². The lowest BCUT2D eigenvalue weighted by Gasteiger charge is -1.96. The predicted octanol–water partition coefficient (Wildman–Crippen LogP) is 1.29. The number of nitrogens with one attached hydrogen (secondary N) is 1. The number of hydrogen-bond donors (Lipinski definition) is 1. The predicted molar refractivity (Wildman–Crippen MR) is 36.6 cm³/mol. The van der Waals surface area contributed by atoms with Crippen LogP contribution in [0.25, 0.3) is 11.2 Å². The van der Waals surface area contributed by atoms with Gasteiger partial charge < -0.3 is 4.98 Å². The van der Waals surface area contributed by atoms with Crippen molar-refractivity contribution in [3.05, 3.63) is 18.3 Å². The van der Waals surface area contributed by atoms with E-state index in [1.54, 1.807) is 0 Å². The van der Waals surface area contributed by atoms with E-state index >= 15 is 0 Å². The zero-order chi connectivity index (χ0) is 8.55. The third-order valence-electron chi connectivity index (χ3n) is 1.46. The lowest BCUT2D eigenvalue weighted by molar-refractivity contribution is 0.147. The molecule has 62 valence electrons. The average Bonchev–Trinajstić information content (AvgIpc) is 2.49. The summed E-state index contributed by atoms with van der Waals surface area (Å²) >= 11 is 0. The van der Waals surface area contributed by atoms with Crippen LogP contribution in [0, 0.1) is 0 Å². The molecule has 4 nitrogen and oxygen atoms in total. The molecule has 0 radical (unpaired) electrons. The number of aromatic nitrogens is 4. The Balaban J connectivity index is 2.73. The first-order valence-corrected chi connectivity index (χ1v) is 3.21. The van der Waals surface area contributed by atoms with Gasteiger partial charge in [-0.2, -0.15) is 0 Å². The SMILES string of the molecule is FC(F)c1ncnc2nc[nH]c12. The Bertz CT molecular complexity index is 397. The van der Waals surface area contributed by atoms with Crippen molar-refractivity contribution in [2.24, 2.45) is 0 Å². The first-order chi connectivity index (χ1) is 5.79. The third kappa shape index (κ3) is 0.919. The minimum atomic E-state index is -2.60. The van der Waals surface area contributed by atoms with Crippen molar-refractivity contribution in [1.29, 1.82) is 0 Å². The normalized spacial score (nSPS) is 11.2. The zero-order valence-corrected chi connectivity index (χ0v) is 5.83. The molecule has 2 rings (SSSR count). The van der Waals surface area contributed by atoms with Gasteiger partial charge >= 0.3 is 0 Å². The second-order valence-electron chi connectivity index (χ2n) is 2.16. The number of fused-ring (bicyclic) bond motifs is 1. The molecule has 0 saturated carbocycles. The molecule has 1 N–H and O–H groups in total. The molecule has 2 aromatic rings. The monoisotopic (exact) mass is 170 g/mol.